The van der Waals surface area contributed by atoms with Crippen molar-refractivity contribution in [3.63, 3.8) is 0 Å². The fourth-order valence-electron chi connectivity index (χ4n) is 9.08. The number of benzene rings is 3. The number of aryl methyl sites for hydroxylation is 1. The maximum absolute atomic E-state index is 14.7. The van der Waals surface area contributed by atoms with Crippen LogP contribution in [0.2, 0.25) is 0 Å². The first-order chi connectivity index (χ1) is 27.8. The number of likely N-dealkylation sites (N-methyl/N-ethyl adjacent to an activating group) is 1. The zero-order valence-corrected chi connectivity index (χ0v) is 34.4. The van der Waals surface area contributed by atoms with E-state index in [1.807, 2.05) is 69.3 Å². The Morgan fingerprint density at radius 3 is 2.09 bits per heavy atom. The number of carbonyl (C=O) groups is 5. The minimum Gasteiger partial charge on any atom is -0.448 e. The van der Waals surface area contributed by atoms with Crippen LogP contribution in [-0.2, 0) is 30.3 Å². The van der Waals surface area contributed by atoms with Gasteiger partial charge in [0.2, 0.25) is 17.7 Å². The quantitative estimate of drug-likeness (QED) is 0.250. The van der Waals surface area contributed by atoms with Gasteiger partial charge in [-0.05, 0) is 112 Å². The summed E-state index contributed by atoms with van der Waals surface area (Å²) in [7, 11) is 1.52. The highest BCUT2D eigenvalue weighted by Crippen LogP contribution is 2.44. The fraction of sp³-hybridized carbons (Fsp3) is 0.500. The van der Waals surface area contributed by atoms with Crippen molar-refractivity contribution in [3.05, 3.63) is 95.1 Å². The highest BCUT2D eigenvalue weighted by molar-refractivity contribution is 5.94. The monoisotopic (exact) mass is 791 g/mol. The van der Waals surface area contributed by atoms with E-state index >= 15 is 0 Å². The van der Waals surface area contributed by atoms with E-state index in [2.05, 4.69) is 34.9 Å². The van der Waals surface area contributed by atoms with Crippen molar-refractivity contribution < 1.29 is 33.4 Å². The van der Waals surface area contributed by atoms with E-state index in [0.29, 0.717) is 45.3 Å². The minimum absolute atomic E-state index is 0.105. The van der Waals surface area contributed by atoms with Gasteiger partial charge in [0.25, 0.3) is 0 Å². The molecular weight excluding hydrogens is 735 g/mol. The van der Waals surface area contributed by atoms with E-state index in [4.69, 9.17) is 9.47 Å². The summed E-state index contributed by atoms with van der Waals surface area (Å²) in [6, 6.07) is 21.6. The molecule has 0 spiro atoms. The van der Waals surface area contributed by atoms with Gasteiger partial charge in [-0.2, -0.15) is 0 Å². The van der Waals surface area contributed by atoms with Gasteiger partial charge in [0.15, 0.2) is 0 Å². The molecular formula is C46H57N5O7. The lowest BCUT2D eigenvalue weighted by Crippen LogP contribution is -2.59. The highest BCUT2D eigenvalue weighted by atomic mass is 16.6. The van der Waals surface area contributed by atoms with E-state index < -0.39 is 41.8 Å². The Bertz CT molecular complexity index is 1980. The first kappa shape index (κ1) is 40.8. The van der Waals surface area contributed by atoms with Crippen LogP contribution in [0.5, 0.6) is 0 Å². The summed E-state index contributed by atoms with van der Waals surface area (Å²) in [5.74, 6) is -1.50. The molecule has 0 bridgehead atoms. The highest BCUT2D eigenvalue weighted by Gasteiger charge is 2.43. The van der Waals surface area contributed by atoms with E-state index in [9.17, 15) is 24.0 Å². The van der Waals surface area contributed by atoms with Crippen LogP contribution in [-0.4, -0.2) is 102 Å². The smallest absolute Gasteiger partial charge is 0.410 e. The zero-order valence-electron chi connectivity index (χ0n) is 34.4. The van der Waals surface area contributed by atoms with Gasteiger partial charge >= 0.3 is 12.2 Å². The van der Waals surface area contributed by atoms with Crippen molar-refractivity contribution in [2.45, 2.75) is 108 Å². The summed E-state index contributed by atoms with van der Waals surface area (Å²) in [5, 5.41) is 6.26. The molecule has 58 heavy (non-hydrogen) atoms. The summed E-state index contributed by atoms with van der Waals surface area (Å²) < 4.78 is 11.5. The molecule has 12 nitrogen and oxygen atoms in total. The van der Waals surface area contributed by atoms with Crippen LogP contribution in [0.25, 0.3) is 11.1 Å². The summed E-state index contributed by atoms with van der Waals surface area (Å²) in [6.07, 6.45) is 3.75. The molecule has 2 N–H and O–H groups in total. The lowest BCUT2D eigenvalue weighted by Gasteiger charge is -2.39. The molecule has 4 aliphatic rings. The van der Waals surface area contributed by atoms with Crippen molar-refractivity contribution in [2.75, 3.05) is 33.3 Å². The maximum Gasteiger partial charge on any atom is 0.410 e. The van der Waals surface area contributed by atoms with E-state index in [1.54, 1.807) is 16.7 Å². The molecule has 0 saturated carbocycles. The Hall–Kier alpha value is -5.39. The number of rotatable bonds is 9. The molecule has 0 aromatic heterocycles. The normalized spacial score (nSPS) is 20.2. The summed E-state index contributed by atoms with van der Waals surface area (Å²) >= 11 is 0. The number of ether oxygens (including phenoxy) is 2. The Morgan fingerprint density at radius 1 is 0.810 bits per heavy atom. The van der Waals surface area contributed by atoms with Gasteiger partial charge in [-0.25, -0.2) is 9.59 Å². The van der Waals surface area contributed by atoms with Crippen LogP contribution in [0.1, 0.15) is 100 Å². The first-order valence-electron chi connectivity index (χ1n) is 20.9. The molecule has 12 heteroatoms. The average molecular weight is 792 g/mol. The van der Waals surface area contributed by atoms with Crippen LogP contribution in [0.15, 0.2) is 72.8 Å². The van der Waals surface area contributed by atoms with Crippen LogP contribution in [0.3, 0.4) is 0 Å². The Kier molecular flexibility index (Phi) is 12.1. The topological polar surface area (TPSA) is 138 Å². The van der Waals surface area contributed by atoms with E-state index in [0.717, 1.165) is 47.1 Å². The van der Waals surface area contributed by atoms with Crippen LogP contribution in [0.4, 0.5) is 9.59 Å². The van der Waals surface area contributed by atoms with Gasteiger partial charge in [-0.1, -0.05) is 72.8 Å². The van der Waals surface area contributed by atoms with Gasteiger partial charge in [0.05, 0.1) is 6.04 Å². The Balaban J connectivity index is 1.04. The number of piperidine rings is 1. The molecule has 2 aliphatic heterocycles. The largest absolute Gasteiger partial charge is 0.448 e. The second-order valence-corrected chi connectivity index (χ2v) is 17.2. The zero-order chi connectivity index (χ0) is 41.1. The summed E-state index contributed by atoms with van der Waals surface area (Å²) in [4.78, 5) is 73.7. The van der Waals surface area contributed by atoms with Crippen molar-refractivity contribution in [1.29, 1.82) is 0 Å². The molecule has 5 amide bonds. The molecule has 308 valence electrons. The third-order valence-corrected chi connectivity index (χ3v) is 12.3. The van der Waals surface area contributed by atoms with Crippen molar-refractivity contribution in [2.24, 2.45) is 5.92 Å². The minimum atomic E-state index is -0.976. The molecule has 4 atom stereocenters. The van der Waals surface area contributed by atoms with E-state index in [1.165, 1.54) is 17.5 Å². The number of carbonyl (C=O) groups excluding carboxylic acids is 5. The third-order valence-electron chi connectivity index (χ3n) is 12.3. The number of nitrogens with zero attached hydrogens (tertiary/aromatic N) is 3. The molecule has 7 rings (SSSR count). The molecule has 0 radical (unpaired) electrons. The Morgan fingerprint density at radius 2 is 1.43 bits per heavy atom. The predicted octanol–water partition coefficient (Wildman–Crippen LogP) is 6.57. The summed E-state index contributed by atoms with van der Waals surface area (Å²) in [6.45, 7) is 8.25. The number of nitrogens with one attached hydrogen (secondary N) is 2. The van der Waals surface area contributed by atoms with Gasteiger partial charge in [0, 0.05) is 32.6 Å². The van der Waals surface area contributed by atoms with Crippen LogP contribution < -0.4 is 10.6 Å². The SMILES string of the molecule is C[C@@H](C(=O)N[C@H](C(=O)N1CCC[C@H]1C(=O)N[C@@H]1CCCc2ccccc21)C1CCN(C(=O)OC(C)(C)C)CC1)N(C)C(=O)OCC1c2ccccc2-c2ccccc21. The van der Waals surface area contributed by atoms with Crippen molar-refractivity contribution >= 4 is 29.9 Å². The molecule has 2 saturated heterocycles. The second-order valence-electron chi connectivity index (χ2n) is 17.2. The lowest BCUT2D eigenvalue weighted by atomic mass is 9.87. The third kappa shape index (κ3) is 8.71. The van der Waals surface area contributed by atoms with Crippen molar-refractivity contribution in [3.8, 4) is 11.1 Å². The van der Waals surface area contributed by atoms with Gasteiger partial charge in [0.1, 0.15) is 30.3 Å². The van der Waals surface area contributed by atoms with Crippen LogP contribution >= 0.6 is 0 Å². The molecule has 0 unspecified atom stereocenters. The standard InChI is InChI=1S/C46H57N5O7/c1-29(49(5)44(55)57-28-37-35-19-10-8-17-33(35)34-18-9-11-20-36(34)37)41(52)48-40(31-23-26-50(27-24-31)45(56)58-46(2,3)4)43(54)51-25-13-22-39(51)42(53)47-38-21-12-15-30-14-6-7-16-32(30)38/h6-11,14,16-20,29,31,37-40H,12-13,15,21-28H2,1-5H3,(H,47,53)(H,48,52)/t29-,38+,39-,40-/m0/s1. The molecule has 3 aromatic carbocycles. The molecule has 2 heterocycles. The van der Waals surface area contributed by atoms with Crippen LogP contribution in [0, 0.1) is 5.92 Å². The molecule has 2 aliphatic carbocycles. The number of likely N-dealkylation sites (tertiary alicyclic amines) is 2. The molecule has 3 aromatic rings. The lowest BCUT2D eigenvalue weighted by molar-refractivity contribution is -0.143. The molecule has 2 fully saturated rings. The van der Waals surface area contributed by atoms with Gasteiger partial charge in [-0.15, -0.1) is 0 Å². The number of hydrogen-bond donors (Lipinski definition) is 2. The predicted molar refractivity (Wildman–Crippen MR) is 220 cm³/mol. The second kappa shape index (κ2) is 17.2. The Labute approximate surface area is 341 Å². The number of amides is 5. The fourth-order valence-corrected chi connectivity index (χ4v) is 9.08. The van der Waals surface area contributed by atoms with Gasteiger partial charge in [-0.3, -0.25) is 19.3 Å². The summed E-state index contributed by atoms with van der Waals surface area (Å²) in [5.41, 5.74) is 6.10. The maximum atomic E-state index is 14.7. The number of fused-ring (bicyclic) bond motifs is 4. The van der Waals surface area contributed by atoms with Gasteiger partial charge < -0.3 is 29.9 Å². The van der Waals surface area contributed by atoms with E-state index in [-0.39, 0.29) is 36.3 Å². The van der Waals surface area contributed by atoms with Crippen molar-refractivity contribution in [1.82, 2.24) is 25.3 Å². The first-order valence-corrected chi connectivity index (χ1v) is 20.9. The average Bonchev–Trinajstić information content (AvgIpc) is 3.84. The number of hydrogen-bond acceptors (Lipinski definition) is 7.